The lowest BCUT2D eigenvalue weighted by molar-refractivity contribution is -0.132. The molecular formula is C27H34Cl2IN3O5. The topological polar surface area (TPSA) is 98.2 Å². The van der Waals surface area contributed by atoms with E-state index in [0.717, 1.165) is 9.13 Å². The summed E-state index contributed by atoms with van der Waals surface area (Å²) in [6, 6.07) is 7.59. The van der Waals surface area contributed by atoms with Gasteiger partial charge in [0.1, 0.15) is 11.8 Å². The average Bonchev–Trinajstić information content (AvgIpc) is 2.82. The second-order valence-corrected chi connectivity index (χ2v) is 11.2. The maximum atomic E-state index is 12.9. The minimum atomic E-state index is -0.898. The summed E-state index contributed by atoms with van der Waals surface area (Å²) in [5.74, 6) is 0.817. The summed E-state index contributed by atoms with van der Waals surface area (Å²) in [7, 11) is 0. The molecule has 2 N–H and O–H groups in total. The van der Waals surface area contributed by atoms with Crippen LogP contribution in [-0.4, -0.2) is 42.9 Å². The first kappa shape index (κ1) is 32.0. The third-order valence-electron chi connectivity index (χ3n) is 4.98. The van der Waals surface area contributed by atoms with Crippen molar-refractivity contribution >= 4 is 63.8 Å². The van der Waals surface area contributed by atoms with E-state index >= 15 is 0 Å². The molecule has 0 saturated heterocycles. The second kappa shape index (κ2) is 15.4. The average molecular weight is 678 g/mol. The van der Waals surface area contributed by atoms with E-state index in [-0.39, 0.29) is 17.0 Å². The molecule has 0 radical (unpaired) electrons. The van der Waals surface area contributed by atoms with Crippen LogP contribution in [0.2, 0.25) is 10.0 Å². The van der Waals surface area contributed by atoms with E-state index in [1.807, 2.05) is 40.7 Å². The molecule has 0 fully saturated rings. The van der Waals surface area contributed by atoms with Crippen LogP contribution in [0.5, 0.6) is 17.2 Å². The highest BCUT2D eigenvalue weighted by Gasteiger charge is 2.25. The van der Waals surface area contributed by atoms with Crippen LogP contribution < -0.4 is 25.0 Å². The van der Waals surface area contributed by atoms with Gasteiger partial charge < -0.3 is 19.5 Å². The van der Waals surface area contributed by atoms with Crippen molar-refractivity contribution < 1.29 is 23.8 Å². The molecule has 2 amide bonds. The van der Waals surface area contributed by atoms with E-state index in [2.05, 4.69) is 38.4 Å². The lowest BCUT2D eigenvalue weighted by atomic mass is 10.0. The van der Waals surface area contributed by atoms with E-state index in [4.69, 9.17) is 37.4 Å². The van der Waals surface area contributed by atoms with Crippen LogP contribution in [0.15, 0.2) is 35.4 Å². The van der Waals surface area contributed by atoms with E-state index in [1.165, 1.54) is 12.3 Å². The monoisotopic (exact) mass is 677 g/mol. The highest BCUT2D eigenvalue weighted by Crippen LogP contribution is 2.34. The number of benzene rings is 2. The summed E-state index contributed by atoms with van der Waals surface area (Å²) < 4.78 is 18.2. The van der Waals surface area contributed by atoms with Crippen molar-refractivity contribution in [2.45, 2.75) is 66.2 Å². The summed E-state index contributed by atoms with van der Waals surface area (Å²) in [5.41, 5.74) is 3.25. The number of hydrazone groups is 1. The zero-order chi connectivity index (χ0) is 28.4. The molecular weight excluding hydrogens is 644 g/mol. The summed E-state index contributed by atoms with van der Waals surface area (Å²) in [4.78, 5) is 25.7. The lowest BCUT2D eigenvalue weighted by Crippen LogP contribution is -2.49. The molecule has 208 valence electrons. The third kappa shape index (κ3) is 10.1. The quantitative estimate of drug-likeness (QED) is 0.149. The molecule has 0 aliphatic heterocycles. The number of hydrogen-bond acceptors (Lipinski definition) is 6. The maximum Gasteiger partial charge on any atom is 0.262 e. The zero-order valence-electron chi connectivity index (χ0n) is 22.3. The Morgan fingerprint density at radius 3 is 2.34 bits per heavy atom. The molecule has 11 heteroatoms. The molecule has 2 rings (SSSR count). The summed E-state index contributed by atoms with van der Waals surface area (Å²) >= 11 is 14.2. The van der Waals surface area contributed by atoms with Gasteiger partial charge in [-0.3, -0.25) is 9.59 Å². The molecule has 2 aromatic rings. The molecule has 0 saturated carbocycles. The Hall–Kier alpha value is -2.24. The number of ether oxygens (including phenoxy) is 3. The normalized spacial score (nSPS) is 12.9. The van der Waals surface area contributed by atoms with Gasteiger partial charge in [0.2, 0.25) is 0 Å². The van der Waals surface area contributed by atoms with Crippen LogP contribution in [-0.2, 0) is 9.59 Å². The Morgan fingerprint density at radius 2 is 1.74 bits per heavy atom. The molecule has 38 heavy (non-hydrogen) atoms. The molecule has 2 aromatic carbocycles. The molecule has 0 spiro atoms. The Morgan fingerprint density at radius 1 is 1.03 bits per heavy atom. The van der Waals surface area contributed by atoms with Crippen molar-refractivity contribution in [2.75, 3.05) is 6.61 Å². The first-order chi connectivity index (χ1) is 17.9. The fraction of sp³-hybridized carbons (Fsp3) is 0.444. The van der Waals surface area contributed by atoms with Crippen LogP contribution in [0.4, 0.5) is 0 Å². The number of amides is 2. The number of nitrogens with one attached hydrogen (secondary N) is 2. The van der Waals surface area contributed by atoms with E-state index in [9.17, 15) is 9.59 Å². The fourth-order valence-corrected chi connectivity index (χ4v) is 4.54. The first-order valence-corrected chi connectivity index (χ1v) is 14.1. The number of hydrogen-bond donors (Lipinski definition) is 2. The van der Waals surface area contributed by atoms with Gasteiger partial charge in [-0.15, -0.1) is 0 Å². The van der Waals surface area contributed by atoms with Crippen molar-refractivity contribution in [2.24, 2.45) is 11.0 Å². The second-order valence-electron chi connectivity index (χ2n) is 9.19. The summed E-state index contributed by atoms with van der Waals surface area (Å²) in [6.07, 6.45) is 1.02. The minimum absolute atomic E-state index is 0.00840. The van der Waals surface area contributed by atoms with Gasteiger partial charge in [0.25, 0.3) is 11.8 Å². The number of nitrogens with zero attached hydrogens (tertiary/aromatic N) is 1. The van der Waals surface area contributed by atoms with Gasteiger partial charge in [-0.2, -0.15) is 5.10 Å². The SMILES string of the molecule is CCOc1cc(/C=N\NC(=O)[C@@H](CC(C)C)NC(=O)[C@H](C)Oc2ccc(Cl)cc2Cl)cc(I)c1OC(C)C. The number of halogens is 3. The number of carbonyl (C=O) groups is 2. The minimum Gasteiger partial charge on any atom is -0.490 e. The van der Waals surface area contributed by atoms with Gasteiger partial charge in [-0.05, 0) is 98.5 Å². The molecule has 0 unspecified atom stereocenters. The van der Waals surface area contributed by atoms with Crippen molar-refractivity contribution in [3.8, 4) is 17.2 Å². The van der Waals surface area contributed by atoms with Crippen LogP contribution >= 0.6 is 45.8 Å². The van der Waals surface area contributed by atoms with E-state index in [0.29, 0.717) is 35.3 Å². The van der Waals surface area contributed by atoms with E-state index < -0.39 is 24.0 Å². The number of carbonyl (C=O) groups excluding carboxylic acids is 2. The van der Waals surface area contributed by atoms with Gasteiger partial charge in [0.15, 0.2) is 17.6 Å². The Balaban J connectivity index is 2.09. The van der Waals surface area contributed by atoms with Crippen molar-refractivity contribution in [1.82, 2.24) is 10.7 Å². The highest BCUT2D eigenvalue weighted by atomic mass is 127. The molecule has 2 atom stereocenters. The van der Waals surface area contributed by atoms with Gasteiger partial charge in [0.05, 0.1) is 27.5 Å². The lowest BCUT2D eigenvalue weighted by Gasteiger charge is -2.22. The standard InChI is InChI=1S/C27H34Cl2IN3O5/c1-7-36-24-12-18(11-21(30)25(24)37-16(4)5)14-31-33-27(35)22(10-15(2)3)32-26(34)17(6)38-23-9-8-19(28)13-20(23)29/h8-9,11-17,22H,7,10H2,1-6H3,(H,32,34)(H,33,35)/b31-14-/t17-,22+/m0/s1. The predicted octanol–water partition coefficient (Wildman–Crippen LogP) is 6.23. The van der Waals surface area contributed by atoms with Crippen molar-refractivity contribution in [3.63, 3.8) is 0 Å². The van der Waals surface area contributed by atoms with Gasteiger partial charge in [-0.25, -0.2) is 5.43 Å². The zero-order valence-corrected chi connectivity index (χ0v) is 26.0. The van der Waals surface area contributed by atoms with E-state index in [1.54, 1.807) is 25.1 Å². The highest BCUT2D eigenvalue weighted by molar-refractivity contribution is 14.1. The molecule has 8 nitrogen and oxygen atoms in total. The Labute approximate surface area is 247 Å². The Bertz CT molecular complexity index is 1140. The van der Waals surface area contributed by atoms with Gasteiger partial charge in [-0.1, -0.05) is 37.0 Å². The summed E-state index contributed by atoms with van der Waals surface area (Å²) in [6.45, 7) is 11.8. The van der Waals surface area contributed by atoms with Crippen LogP contribution in [0, 0.1) is 9.49 Å². The van der Waals surface area contributed by atoms with Crippen LogP contribution in [0.3, 0.4) is 0 Å². The molecule has 0 aliphatic rings. The smallest absolute Gasteiger partial charge is 0.262 e. The largest absolute Gasteiger partial charge is 0.490 e. The fourth-order valence-electron chi connectivity index (χ4n) is 3.33. The van der Waals surface area contributed by atoms with Gasteiger partial charge >= 0.3 is 0 Å². The summed E-state index contributed by atoms with van der Waals surface area (Å²) in [5, 5.41) is 7.60. The first-order valence-electron chi connectivity index (χ1n) is 12.3. The van der Waals surface area contributed by atoms with Crippen molar-refractivity contribution in [1.29, 1.82) is 0 Å². The Kier molecular flexibility index (Phi) is 12.9. The number of rotatable bonds is 13. The maximum absolute atomic E-state index is 12.9. The van der Waals surface area contributed by atoms with Crippen LogP contribution in [0.25, 0.3) is 0 Å². The van der Waals surface area contributed by atoms with Crippen molar-refractivity contribution in [3.05, 3.63) is 49.5 Å². The predicted molar refractivity (Wildman–Crippen MR) is 160 cm³/mol. The molecule has 0 heterocycles. The molecule has 0 aliphatic carbocycles. The molecule has 0 aromatic heterocycles. The van der Waals surface area contributed by atoms with Crippen LogP contribution in [0.1, 0.15) is 53.5 Å². The van der Waals surface area contributed by atoms with Gasteiger partial charge in [0, 0.05) is 5.02 Å². The third-order valence-corrected chi connectivity index (χ3v) is 6.31. The molecule has 0 bridgehead atoms.